The Balaban J connectivity index is 1.39. The Bertz CT molecular complexity index is 1230. The van der Waals surface area contributed by atoms with Gasteiger partial charge in [-0.2, -0.15) is 0 Å². The summed E-state index contributed by atoms with van der Waals surface area (Å²) in [7, 11) is -1.43. The predicted molar refractivity (Wildman–Crippen MR) is 148 cm³/mol. The normalized spacial score (nSPS) is 18.5. The highest BCUT2D eigenvalue weighted by Crippen LogP contribution is 2.48. The van der Waals surface area contributed by atoms with Crippen LogP contribution in [-0.4, -0.2) is 60.5 Å². The van der Waals surface area contributed by atoms with E-state index in [0.717, 1.165) is 39.8 Å². The zero-order valence-corrected chi connectivity index (χ0v) is 23.0. The molecule has 1 aliphatic rings. The summed E-state index contributed by atoms with van der Waals surface area (Å²) in [6.07, 6.45) is 4.21. The van der Waals surface area contributed by atoms with Crippen molar-refractivity contribution in [2.75, 3.05) is 44.8 Å². The smallest absolute Gasteiger partial charge is 0.323 e. The number of urea groups is 1. The van der Waals surface area contributed by atoms with Crippen LogP contribution in [-0.2, 0) is 15.5 Å². The molecule has 2 aromatic heterocycles. The first-order valence-corrected chi connectivity index (χ1v) is 15.3. The number of pyridine rings is 1. The number of fused-ring (bicyclic) bond motifs is 1. The van der Waals surface area contributed by atoms with Crippen LogP contribution in [0.5, 0.6) is 5.75 Å². The number of nitrogens with one attached hydrogen (secondary N) is 2. The van der Waals surface area contributed by atoms with Crippen molar-refractivity contribution >= 4 is 40.8 Å². The molecule has 3 aromatic rings. The molecule has 4 rings (SSSR count). The Hall–Kier alpha value is -2.49. The van der Waals surface area contributed by atoms with Gasteiger partial charge < -0.3 is 19.3 Å². The average molecular weight is 547 g/mol. The Morgan fingerprint density at radius 3 is 2.89 bits per heavy atom. The van der Waals surface area contributed by atoms with Crippen molar-refractivity contribution in [2.45, 2.75) is 38.7 Å². The van der Waals surface area contributed by atoms with Crippen LogP contribution in [0.15, 0.2) is 42.6 Å². The minimum absolute atomic E-state index is 0.0667. The van der Waals surface area contributed by atoms with Crippen molar-refractivity contribution in [1.82, 2.24) is 15.0 Å². The summed E-state index contributed by atoms with van der Waals surface area (Å²) < 4.78 is 24.4. The van der Waals surface area contributed by atoms with E-state index in [1.807, 2.05) is 17.0 Å². The van der Waals surface area contributed by atoms with Gasteiger partial charge in [0.05, 0.1) is 32.2 Å². The number of unbranched alkanes of at least 4 members (excludes halogenated alkanes) is 1. The SMILES string of the molecule is CCCCN(CCc1ccc2sc(C(O)CP3(=O)NCCCO3)cc2c1)C(=O)Nc1ccc(OC)cn1. The lowest BCUT2D eigenvalue weighted by Crippen LogP contribution is -2.37. The van der Waals surface area contributed by atoms with Crippen molar-refractivity contribution in [2.24, 2.45) is 0 Å². The van der Waals surface area contributed by atoms with E-state index in [1.165, 1.54) is 11.3 Å². The second-order valence-corrected chi connectivity index (χ2v) is 12.5. The van der Waals surface area contributed by atoms with E-state index in [4.69, 9.17) is 9.26 Å². The third kappa shape index (κ3) is 7.52. The number of rotatable bonds is 11. The number of hydrogen-bond donors (Lipinski definition) is 3. The molecule has 11 heteroatoms. The molecule has 9 nitrogen and oxygen atoms in total. The molecule has 3 heterocycles. The van der Waals surface area contributed by atoms with Gasteiger partial charge in [-0.1, -0.05) is 25.5 Å². The van der Waals surface area contributed by atoms with Crippen LogP contribution < -0.4 is 15.1 Å². The summed E-state index contributed by atoms with van der Waals surface area (Å²) in [6, 6.07) is 11.5. The van der Waals surface area contributed by atoms with Gasteiger partial charge in [0.1, 0.15) is 11.6 Å². The number of nitrogens with zero attached hydrogens (tertiary/aromatic N) is 2. The average Bonchev–Trinajstić information content (AvgIpc) is 3.33. The lowest BCUT2D eigenvalue weighted by Gasteiger charge is -2.25. The van der Waals surface area contributed by atoms with E-state index in [9.17, 15) is 14.5 Å². The minimum atomic E-state index is -3.01. The summed E-state index contributed by atoms with van der Waals surface area (Å²) in [6.45, 7) is 4.43. The molecule has 2 amide bonds. The standard InChI is InChI=1S/C26H35N4O5PS/c1-3-4-12-30(26(32)29-25-9-7-21(34-2)17-27-25)13-10-19-6-8-23-20(15-19)16-24(37-23)22(31)18-36(33)28-11-5-14-35-36/h6-9,15-17,22,31H,3-5,10-14,18H2,1-2H3,(H,28,33)(H,27,29,32). The molecule has 3 N–H and O–H groups in total. The van der Waals surface area contributed by atoms with Gasteiger partial charge in [0.15, 0.2) is 0 Å². The lowest BCUT2D eigenvalue weighted by atomic mass is 10.1. The number of amides is 2. The highest BCUT2D eigenvalue weighted by Gasteiger charge is 2.30. The Morgan fingerprint density at radius 1 is 1.32 bits per heavy atom. The first kappa shape index (κ1) is 27.5. The number of thiophene rings is 1. The molecule has 0 radical (unpaired) electrons. The van der Waals surface area contributed by atoms with Crippen molar-refractivity contribution < 1.29 is 23.7 Å². The Morgan fingerprint density at radius 2 is 2.19 bits per heavy atom. The predicted octanol–water partition coefficient (Wildman–Crippen LogP) is 5.42. The number of carbonyl (C=O) groups excluding carboxylic acids is 1. The van der Waals surface area contributed by atoms with E-state index >= 15 is 0 Å². The number of carbonyl (C=O) groups is 1. The van der Waals surface area contributed by atoms with Gasteiger partial charge in [0, 0.05) is 29.2 Å². The summed E-state index contributed by atoms with van der Waals surface area (Å²) in [5.74, 6) is 1.11. The first-order valence-electron chi connectivity index (χ1n) is 12.6. The Labute approximate surface area is 221 Å². The number of aliphatic hydroxyl groups excluding tert-OH is 1. The molecular weight excluding hydrogens is 511 g/mol. The topological polar surface area (TPSA) is 113 Å². The van der Waals surface area contributed by atoms with E-state index < -0.39 is 13.6 Å². The maximum Gasteiger partial charge on any atom is 0.323 e. The van der Waals surface area contributed by atoms with E-state index in [-0.39, 0.29) is 12.2 Å². The quantitative estimate of drug-likeness (QED) is 0.275. The monoisotopic (exact) mass is 546 g/mol. The third-order valence-electron chi connectivity index (χ3n) is 6.26. The van der Waals surface area contributed by atoms with E-state index in [0.29, 0.717) is 44.2 Å². The summed E-state index contributed by atoms with van der Waals surface area (Å²) in [5.41, 5.74) is 1.10. The summed E-state index contributed by atoms with van der Waals surface area (Å²) in [4.78, 5) is 19.8. The van der Waals surface area contributed by atoms with Crippen molar-refractivity contribution in [1.29, 1.82) is 0 Å². The second-order valence-electron chi connectivity index (χ2n) is 9.09. The Kier molecular flexibility index (Phi) is 9.56. The molecule has 1 fully saturated rings. The van der Waals surface area contributed by atoms with Crippen molar-refractivity contribution in [3.8, 4) is 5.75 Å². The van der Waals surface area contributed by atoms with Crippen LogP contribution in [0.25, 0.3) is 10.1 Å². The van der Waals surface area contributed by atoms with Crippen LogP contribution in [0.2, 0.25) is 0 Å². The van der Waals surface area contributed by atoms with Crippen molar-refractivity contribution in [3.63, 3.8) is 0 Å². The number of hydrogen-bond acceptors (Lipinski definition) is 7. The summed E-state index contributed by atoms with van der Waals surface area (Å²) >= 11 is 1.50. The van der Waals surface area contributed by atoms with Crippen LogP contribution in [0.1, 0.15) is 42.7 Å². The molecule has 1 aliphatic heterocycles. The van der Waals surface area contributed by atoms with Crippen LogP contribution in [0.3, 0.4) is 0 Å². The zero-order chi connectivity index (χ0) is 26.3. The van der Waals surface area contributed by atoms with E-state index in [2.05, 4.69) is 34.4 Å². The highest BCUT2D eigenvalue weighted by atomic mass is 32.1. The molecule has 1 aromatic carbocycles. The van der Waals surface area contributed by atoms with Gasteiger partial charge >= 0.3 is 6.03 Å². The van der Waals surface area contributed by atoms with Crippen LogP contribution in [0, 0.1) is 0 Å². The number of methoxy groups -OCH3 is 1. The molecule has 1 saturated heterocycles. The number of anilines is 1. The summed E-state index contributed by atoms with van der Waals surface area (Å²) in [5, 5.41) is 17.6. The number of benzene rings is 1. The largest absolute Gasteiger partial charge is 0.495 e. The van der Waals surface area contributed by atoms with Gasteiger partial charge in [-0.3, -0.25) is 9.88 Å². The fourth-order valence-corrected chi connectivity index (χ4v) is 7.19. The molecule has 0 aliphatic carbocycles. The molecule has 0 bridgehead atoms. The molecule has 37 heavy (non-hydrogen) atoms. The fraction of sp³-hybridized carbons (Fsp3) is 0.462. The maximum absolute atomic E-state index is 13.0. The molecule has 0 saturated carbocycles. The third-order valence-corrected chi connectivity index (χ3v) is 9.61. The molecular formula is C26H35N4O5PS. The second kappa shape index (κ2) is 12.8. The van der Waals surface area contributed by atoms with Gasteiger partial charge in [-0.05, 0) is 54.5 Å². The lowest BCUT2D eigenvalue weighted by molar-refractivity contribution is 0.192. The van der Waals surface area contributed by atoms with Crippen LogP contribution in [0.4, 0.5) is 10.6 Å². The van der Waals surface area contributed by atoms with Gasteiger partial charge in [-0.15, -0.1) is 11.3 Å². The maximum atomic E-state index is 13.0. The van der Waals surface area contributed by atoms with Crippen LogP contribution >= 0.6 is 18.9 Å². The molecule has 2 atom stereocenters. The number of aromatic nitrogens is 1. The highest BCUT2D eigenvalue weighted by molar-refractivity contribution is 7.57. The van der Waals surface area contributed by atoms with Gasteiger partial charge in [0.2, 0.25) is 0 Å². The fourth-order valence-electron chi connectivity index (χ4n) is 4.14. The zero-order valence-electron chi connectivity index (χ0n) is 21.3. The number of aliphatic hydroxyl groups is 1. The van der Waals surface area contributed by atoms with E-state index in [1.54, 1.807) is 25.4 Å². The van der Waals surface area contributed by atoms with Crippen molar-refractivity contribution in [3.05, 3.63) is 53.0 Å². The van der Waals surface area contributed by atoms with Gasteiger partial charge in [-0.25, -0.2) is 14.9 Å². The minimum Gasteiger partial charge on any atom is -0.495 e. The molecule has 2 unspecified atom stereocenters. The molecule has 200 valence electrons. The number of ether oxygens (including phenoxy) is 1. The van der Waals surface area contributed by atoms with Gasteiger partial charge in [0.25, 0.3) is 7.52 Å². The first-order chi connectivity index (χ1) is 17.9. The molecule has 0 spiro atoms.